The molecule has 4 nitrogen and oxygen atoms in total. The highest BCUT2D eigenvalue weighted by Crippen LogP contribution is 2.42. The first-order valence-electron chi connectivity index (χ1n) is 6.34. The van der Waals surface area contributed by atoms with Gasteiger partial charge in [0, 0.05) is 17.2 Å². The first-order chi connectivity index (χ1) is 8.79. The number of aromatic nitrogens is 4. The van der Waals surface area contributed by atoms with Crippen molar-refractivity contribution in [2.45, 2.75) is 44.1 Å². The lowest BCUT2D eigenvalue weighted by molar-refractivity contribution is 0.625. The zero-order valence-corrected chi connectivity index (χ0v) is 11.4. The van der Waals surface area contributed by atoms with E-state index in [0.29, 0.717) is 22.8 Å². The van der Waals surface area contributed by atoms with Gasteiger partial charge in [-0.05, 0) is 25.7 Å². The summed E-state index contributed by atoms with van der Waals surface area (Å²) in [5.74, 6) is 3.43. The summed E-state index contributed by atoms with van der Waals surface area (Å²) in [4.78, 5) is 9.02. The van der Waals surface area contributed by atoms with Crippen molar-refractivity contribution in [1.82, 2.24) is 19.7 Å². The van der Waals surface area contributed by atoms with Crippen LogP contribution in [0.15, 0.2) is 5.38 Å². The maximum atomic E-state index is 5.87. The molecule has 0 aromatic carbocycles. The van der Waals surface area contributed by atoms with Gasteiger partial charge in [-0.25, -0.2) is 14.6 Å². The molecule has 0 aliphatic heterocycles. The van der Waals surface area contributed by atoms with Gasteiger partial charge in [-0.3, -0.25) is 0 Å². The van der Waals surface area contributed by atoms with Crippen LogP contribution >= 0.6 is 22.9 Å². The van der Waals surface area contributed by atoms with Crippen LogP contribution < -0.4 is 0 Å². The van der Waals surface area contributed by atoms with Crippen LogP contribution in [0.2, 0.25) is 4.47 Å². The van der Waals surface area contributed by atoms with E-state index in [4.69, 9.17) is 16.6 Å². The number of hydrogen-bond donors (Lipinski definition) is 0. The SMILES string of the molecule is Clc1nc(Cn2nc(C3CC3)nc2C2CC2)cs1. The number of hydrogen-bond acceptors (Lipinski definition) is 4. The first kappa shape index (κ1) is 10.9. The van der Waals surface area contributed by atoms with Crippen molar-refractivity contribution in [3.63, 3.8) is 0 Å². The van der Waals surface area contributed by atoms with Gasteiger partial charge in [0.2, 0.25) is 0 Å². The van der Waals surface area contributed by atoms with E-state index in [-0.39, 0.29) is 0 Å². The first-order valence-corrected chi connectivity index (χ1v) is 7.60. The quantitative estimate of drug-likeness (QED) is 0.864. The molecular formula is C12H13ClN4S. The molecule has 0 unspecified atom stereocenters. The zero-order chi connectivity index (χ0) is 12.1. The second-order valence-electron chi connectivity index (χ2n) is 5.13. The topological polar surface area (TPSA) is 43.6 Å². The minimum Gasteiger partial charge on any atom is -0.243 e. The van der Waals surface area contributed by atoms with E-state index < -0.39 is 0 Å². The predicted molar refractivity (Wildman–Crippen MR) is 70.2 cm³/mol. The predicted octanol–water partition coefficient (Wildman–Crippen LogP) is 3.19. The smallest absolute Gasteiger partial charge is 0.183 e. The molecule has 2 heterocycles. The summed E-state index contributed by atoms with van der Waals surface area (Å²) >= 11 is 7.34. The van der Waals surface area contributed by atoms with Crippen molar-refractivity contribution in [2.75, 3.05) is 0 Å². The van der Waals surface area contributed by atoms with Gasteiger partial charge < -0.3 is 0 Å². The Morgan fingerprint density at radius 1 is 1.22 bits per heavy atom. The lowest BCUT2D eigenvalue weighted by atomic mass is 10.3. The third-order valence-electron chi connectivity index (χ3n) is 3.44. The third-order valence-corrected chi connectivity index (χ3v) is 4.46. The molecule has 2 aromatic rings. The molecule has 94 valence electrons. The van der Waals surface area contributed by atoms with Crippen molar-refractivity contribution < 1.29 is 0 Å². The normalized spacial score (nSPS) is 19.4. The number of rotatable bonds is 4. The van der Waals surface area contributed by atoms with Gasteiger partial charge in [-0.2, -0.15) is 5.10 Å². The van der Waals surface area contributed by atoms with Crippen LogP contribution in [0.4, 0.5) is 0 Å². The highest BCUT2D eigenvalue weighted by Gasteiger charge is 2.34. The third kappa shape index (κ3) is 2.06. The van der Waals surface area contributed by atoms with Gasteiger partial charge in [0.15, 0.2) is 10.3 Å². The standard InChI is InChI=1S/C12H13ClN4S/c13-12-14-9(6-18-12)5-17-11(8-3-4-8)15-10(16-17)7-1-2-7/h6-8H,1-5H2. The maximum Gasteiger partial charge on any atom is 0.183 e. The van der Waals surface area contributed by atoms with E-state index in [1.54, 1.807) is 0 Å². The van der Waals surface area contributed by atoms with Gasteiger partial charge in [0.05, 0.1) is 12.2 Å². The average Bonchev–Trinajstić information content (AvgIpc) is 3.27. The van der Waals surface area contributed by atoms with Gasteiger partial charge in [0.25, 0.3) is 0 Å². The lowest BCUT2D eigenvalue weighted by Gasteiger charge is -2.01. The summed E-state index contributed by atoms with van der Waals surface area (Å²) in [6.07, 6.45) is 4.99. The molecule has 0 amide bonds. The fraction of sp³-hybridized carbons (Fsp3) is 0.583. The summed E-state index contributed by atoms with van der Waals surface area (Å²) in [6, 6.07) is 0. The van der Waals surface area contributed by atoms with Crippen LogP contribution in [0.5, 0.6) is 0 Å². The molecule has 6 heteroatoms. The van der Waals surface area contributed by atoms with Crippen LogP contribution in [-0.4, -0.2) is 19.7 Å². The van der Waals surface area contributed by atoms with E-state index in [9.17, 15) is 0 Å². The average molecular weight is 281 g/mol. The van der Waals surface area contributed by atoms with Crippen molar-refractivity contribution >= 4 is 22.9 Å². The number of halogens is 1. The van der Waals surface area contributed by atoms with Crippen molar-refractivity contribution in [1.29, 1.82) is 0 Å². The molecular weight excluding hydrogens is 268 g/mol. The molecule has 0 spiro atoms. The largest absolute Gasteiger partial charge is 0.243 e. The maximum absolute atomic E-state index is 5.87. The molecule has 0 atom stereocenters. The Morgan fingerprint density at radius 2 is 2.00 bits per heavy atom. The molecule has 4 rings (SSSR count). The summed E-state index contributed by atoms with van der Waals surface area (Å²) < 4.78 is 2.64. The van der Waals surface area contributed by atoms with Gasteiger partial charge in [0.1, 0.15) is 5.82 Å². The number of nitrogens with zero attached hydrogens (tertiary/aromatic N) is 4. The molecule has 2 saturated carbocycles. The van der Waals surface area contributed by atoms with E-state index in [0.717, 1.165) is 17.3 Å². The molecule has 0 bridgehead atoms. The zero-order valence-electron chi connectivity index (χ0n) is 9.84. The highest BCUT2D eigenvalue weighted by molar-refractivity contribution is 7.13. The van der Waals surface area contributed by atoms with Crippen molar-refractivity contribution in [3.05, 3.63) is 27.2 Å². The highest BCUT2D eigenvalue weighted by atomic mass is 35.5. The van der Waals surface area contributed by atoms with Crippen LogP contribution in [-0.2, 0) is 6.54 Å². The lowest BCUT2D eigenvalue weighted by Crippen LogP contribution is -2.06. The van der Waals surface area contributed by atoms with Crippen molar-refractivity contribution in [3.8, 4) is 0 Å². The minimum atomic E-state index is 0.598. The summed E-state index contributed by atoms with van der Waals surface area (Å²) in [5.41, 5.74) is 0.985. The fourth-order valence-corrected chi connectivity index (χ4v) is 2.93. The molecule has 2 aromatic heterocycles. The molecule has 2 aliphatic rings. The van der Waals surface area contributed by atoms with Crippen LogP contribution in [0.3, 0.4) is 0 Å². The molecule has 0 saturated heterocycles. The van der Waals surface area contributed by atoms with Crippen LogP contribution in [0, 0.1) is 0 Å². The van der Waals surface area contributed by atoms with Gasteiger partial charge >= 0.3 is 0 Å². The second-order valence-corrected chi connectivity index (χ2v) is 6.57. The molecule has 0 N–H and O–H groups in total. The van der Waals surface area contributed by atoms with E-state index in [2.05, 4.69) is 10.1 Å². The van der Waals surface area contributed by atoms with Gasteiger partial charge in [-0.15, -0.1) is 11.3 Å². The minimum absolute atomic E-state index is 0.598. The molecule has 18 heavy (non-hydrogen) atoms. The number of thiazole rings is 1. The second kappa shape index (κ2) is 4.03. The molecule has 2 aliphatic carbocycles. The van der Waals surface area contributed by atoms with Crippen molar-refractivity contribution in [2.24, 2.45) is 0 Å². The summed E-state index contributed by atoms with van der Waals surface area (Å²) in [7, 11) is 0. The Morgan fingerprint density at radius 3 is 2.61 bits per heavy atom. The van der Waals surface area contributed by atoms with Crippen LogP contribution in [0.1, 0.15) is 54.9 Å². The Balaban J connectivity index is 1.65. The summed E-state index contributed by atoms with van der Waals surface area (Å²) in [5, 5.41) is 6.66. The molecule has 2 fully saturated rings. The van der Waals surface area contributed by atoms with E-state index in [1.807, 2.05) is 10.1 Å². The van der Waals surface area contributed by atoms with Crippen LogP contribution in [0.25, 0.3) is 0 Å². The van der Waals surface area contributed by atoms with Gasteiger partial charge in [-0.1, -0.05) is 11.6 Å². The van der Waals surface area contributed by atoms with E-state index in [1.165, 1.54) is 37.0 Å². The monoisotopic (exact) mass is 280 g/mol. The Labute approximate surface area is 114 Å². The van der Waals surface area contributed by atoms with E-state index >= 15 is 0 Å². The Bertz CT molecular complexity index is 583. The fourth-order valence-electron chi connectivity index (χ4n) is 2.16. The Kier molecular flexibility index (Phi) is 2.45. The Hall–Kier alpha value is -0.940. The summed E-state index contributed by atoms with van der Waals surface area (Å²) in [6.45, 7) is 0.703. The molecule has 0 radical (unpaired) electrons.